The summed E-state index contributed by atoms with van der Waals surface area (Å²) in [7, 11) is 0. The van der Waals surface area contributed by atoms with E-state index in [1.807, 2.05) is 30.3 Å². The first kappa shape index (κ1) is 18.3. The van der Waals surface area contributed by atoms with Crippen molar-refractivity contribution in [3.8, 4) is 10.4 Å². The number of hydrogen-bond donors (Lipinski definition) is 1. The maximum absolute atomic E-state index is 13.6. The van der Waals surface area contributed by atoms with Crippen molar-refractivity contribution in [2.75, 3.05) is 0 Å². The van der Waals surface area contributed by atoms with Crippen LogP contribution in [0.3, 0.4) is 0 Å². The Morgan fingerprint density at radius 2 is 1.80 bits per heavy atom. The second kappa shape index (κ2) is 7.42. The van der Waals surface area contributed by atoms with Crippen LogP contribution in [0.5, 0.6) is 0 Å². The third kappa shape index (κ3) is 4.21. The summed E-state index contributed by atoms with van der Waals surface area (Å²) < 4.78 is 41.8. The number of thiol groups is 1. The van der Waals surface area contributed by atoms with Crippen molar-refractivity contribution in [1.82, 2.24) is 0 Å². The fourth-order valence-electron chi connectivity index (χ4n) is 2.93. The zero-order chi connectivity index (χ0) is 18.0. The van der Waals surface area contributed by atoms with Crippen LogP contribution >= 0.6 is 24.0 Å². The number of rotatable bonds is 5. The third-order valence-electron chi connectivity index (χ3n) is 4.23. The van der Waals surface area contributed by atoms with Gasteiger partial charge in [0.1, 0.15) is 0 Å². The van der Waals surface area contributed by atoms with Crippen LogP contribution in [0.1, 0.15) is 37.3 Å². The molecule has 0 aliphatic rings. The molecule has 0 amide bonds. The predicted molar refractivity (Wildman–Crippen MR) is 103 cm³/mol. The molecule has 0 fully saturated rings. The first-order chi connectivity index (χ1) is 11.9. The molecule has 0 unspecified atom stereocenters. The topological polar surface area (TPSA) is 0 Å². The molecule has 132 valence electrons. The van der Waals surface area contributed by atoms with E-state index in [4.69, 9.17) is 0 Å². The van der Waals surface area contributed by atoms with E-state index in [0.29, 0.717) is 11.3 Å². The number of alkyl halides is 3. The van der Waals surface area contributed by atoms with E-state index in [-0.39, 0.29) is 5.56 Å². The Balaban J connectivity index is 2.04. The van der Waals surface area contributed by atoms with Crippen LogP contribution in [0.2, 0.25) is 0 Å². The zero-order valence-corrected chi connectivity index (χ0v) is 15.6. The number of unbranched alkanes of at least 4 members (excludes halogenated alkanes) is 2. The summed E-state index contributed by atoms with van der Waals surface area (Å²) in [5, 5.41) is 0.943. The average Bonchev–Trinajstić information content (AvgIpc) is 2.97. The van der Waals surface area contributed by atoms with E-state index in [2.05, 4.69) is 19.6 Å². The molecule has 0 bridgehead atoms. The molecule has 0 radical (unpaired) electrons. The van der Waals surface area contributed by atoms with Gasteiger partial charge in [0.15, 0.2) is 0 Å². The number of thiophene rings is 1. The molecular weight excluding hydrogens is 361 g/mol. The maximum Gasteiger partial charge on any atom is 0.417 e. The first-order valence-corrected chi connectivity index (χ1v) is 9.58. The average molecular weight is 380 g/mol. The van der Waals surface area contributed by atoms with Crippen molar-refractivity contribution in [3.63, 3.8) is 0 Å². The summed E-state index contributed by atoms with van der Waals surface area (Å²) in [6.45, 7) is 2.09. The summed E-state index contributed by atoms with van der Waals surface area (Å²) in [4.78, 5) is 1.45. The van der Waals surface area contributed by atoms with Crippen LogP contribution in [0.15, 0.2) is 47.4 Å². The van der Waals surface area contributed by atoms with Crippen molar-refractivity contribution in [3.05, 3.63) is 53.6 Å². The lowest BCUT2D eigenvalue weighted by atomic mass is 9.99. The zero-order valence-electron chi connectivity index (χ0n) is 13.9. The number of hydrogen-bond acceptors (Lipinski definition) is 2. The highest BCUT2D eigenvalue weighted by atomic mass is 32.1. The minimum Gasteiger partial charge on any atom is -0.166 e. The lowest BCUT2D eigenvalue weighted by Gasteiger charge is -2.14. The van der Waals surface area contributed by atoms with Crippen LogP contribution in [0, 0.1) is 0 Å². The Labute approximate surface area is 155 Å². The van der Waals surface area contributed by atoms with E-state index >= 15 is 0 Å². The first-order valence-electron chi connectivity index (χ1n) is 8.31. The van der Waals surface area contributed by atoms with Gasteiger partial charge in [0.2, 0.25) is 0 Å². The number of benzene rings is 2. The molecule has 0 spiro atoms. The number of aryl methyl sites for hydroxylation is 1. The molecule has 5 heteroatoms. The monoisotopic (exact) mass is 380 g/mol. The molecule has 1 aromatic heterocycles. The van der Waals surface area contributed by atoms with Gasteiger partial charge in [-0.15, -0.1) is 24.0 Å². The van der Waals surface area contributed by atoms with E-state index in [1.165, 1.54) is 17.4 Å². The van der Waals surface area contributed by atoms with Crippen molar-refractivity contribution in [2.45, 2.75) is 43.7 Å². The molecule has 0 atom stereocenters. The van der Waals surface area contributed by atoms with Gasteiger partial charge in [0.25, 0.3) is 0 Å². The van der Waals surface area contributed by atoms with Gasteiger partial charge in [-0.1, -0.05) is 38.0 Å². The normalized spacial score (nSPS) is 12.0. The molecule has 2 aromatic carbocycles. The fraction of sp³-hybridized carbons (Fsp3) is 0.300. The second-order valence-corrected chi connectivity index (χ2v) is 7.77. The van der Waals surface area contributed by atoms with Gasteiger partial charge in [0.05, 0.1) is 5.56 Å². The molecule has 1 heterocycles. The summed E-state index contributed by atoms with van der Waals surface area (Å²) in [5.74, 6) is 0. The number of fused-ring (bicyclic) bond motifs is 1. The van der Waals surface area contributed by atoms with Gasteiger partial charge >= 0.3 is 6.18 Å². The lowest BCUT2D eigenvalue weighted by Crippen LogP contribution is -2.07. The fourth-order valence-corrected chi connectivity index (χ4v) is 4.36. The molecule has 0 N–H and O–H groups in total. The van der Waals surface area contributed by atoms with Gasteiger partial charge in [0, 0.05) is 20.0 Å². The summed E-state index contributed by atoms with van der Waals surface area (Å²) in [6, 6.07) is 12.2. The highest BCUT2D eigenvalue weighted by Gasteiger charge is 2.34. The Hall–Kier alpha value is -1.46. The largest absolute Gasteiger partial charge is 0.417 e. The Bertz CT molecular complexity index is 878. The lowest BCUT2D eigenvalue weighted by molar-refractivity contribution is -0.137. The SMILES string of the molecule is CCCCCc1ccc(-c2cc3ccc(S)cc3s2)c(C(F)(F)F)c1. The molecule has 0 aliphatic carbocycles. The molecule has 3 rings (SSSR count). The summed E-state index contributed by atoms with van der Waals surface area (Å²) in [5.41, 5.74) is 0.469. The van der Waals surface area contributed by atoms with Crippen molar-refractivity contribution in [1.29, 1.82) is 0 Å². The van der Waals surface area contributed by atoms with E-state index in [0.717, 1.165) is 39.8 Å². The molecule has 0 nitrogen and oxygen atoms in total. The molecule has 0 saturated carbocycles. The Kier molecular flexibility index (Phi) is 5.44. The highest BCUT2D eigenvalue weighted by molar-refractivity contribution is 7.80. The van der Waals surface area contributed by atoms with Crippen molar-refractivity contribution < 1.29 is 13.2 Å². The van der Waals surface area contributed by atoms with Crippen LogP contribution < -0.4 is 0 Å². The standard InChI is InChI=1S/C20H19F3S2/c1-2-3-4-5-13-6-9-16(17(10-13)20(21,22)23)19-11-14-7-8-15(24)12-18(14)25-19/h6-12,24H,2-5H2,1H3. The maximum atomic E-state index is 13.6. The second-order valence-electron chi connectivity index (χ2n) is 6.17. The Morgan fingerprint density at radius 1 is 1.00 bits per heavy atom. The van der Waals surface area contributed by atoms with E-state index < -0.39 is 11.7 Å². The van der Waals surface area contributed by atoms with Crippen molar-refractivity contribution in [2.24, 2.45) is 0 Å². The van der Waals surface area contributed by atoms with Crippen LogP contribution in [-0.2, 0) is 12.6 Å². The summed E-state index contributed by atoms with van der Waals surface area (Å²) in [6.07, 6.45) is -0.668. The van der Waals surface area contributed by atoms with Crippen LogP contribution in [0.25, 0.3) is 20.5 Å². The van der Waals surface area contributed by atoms with Crippen molar-refractivity contribution >= 4 is 34.1 Å². The smallest absolute Gasteiger partial charge is 0.166 e. The summed E-state index contributed by atoms with van der Waals surface area (Å²) >= 11 is 5.68. The molecule has 3 aromatic rings. The van der Waals surface area contributed by atoms with E-state index in [9.17, 15) is 13.2 Å². The van der Waals surface area contributed by atoms with Crippen LogP contribution in [-0.4, -0.2) is 0 Å². The molecule has 0 saturated heterocycles. The minimum atomic E-state index is -4.36. The molecule has 25 heavy (non-hydrogen) atoms. The Morgan fingerprint density at radius 3 is 2.52 bits per heavy atom. The van der Waals surface area contributed by atoms with Gasteiger partial charge < -0.3 is 0 Å². The highest BCUT2D eigenvalue weighted by Crippen LogP contribution is 2.42. The molecule has 0 aliphatic heterocycles. The third-order valence-corrected chi connectivity index (χ3v) is 5.64. The van der Waals surface area contributed by atoms with E-state index in [1.54, 1.807) is 6.07 Å². The van der Waals surface area contributed by atoms with Gasteiger partial charge in [-0.25, -0.2) is 0 Å². The molecular formula is C20H19F3S2. The quantitative estimate of drug-likeness (QED) is 0.342. The van der Waals surface area contributed by atoms with Crippen LogP contribution in [0.4, 0.5) is 13.2 Å². The predicted octanol–water partition coefficient (Wildman–Crippen LogP) is 7.61. The van der Waals surface area contributed by atoms with Gasteiger partial charge in [-0.05, 0) is 48.1 Å². The number of halogens is 3. The van der Waals surface area contributed by atoms with Gasteiger partial charge in [-0.3, -0.25) is 0 Å². The van der Waals surface area contributed by atoms with Gasteiger partial charge in [-0.2, -0.15) is 13.2 Å². The minimum absolute atomic E-state index is 0.258.